The van der Waals surface area contributed by atoms with Crippen molar-refractivity contribution in [3.63, 3.8) is 0 Å². The fraction of sp³-hybridized carbons (Fsp3) is 0.227. The Bertz CT molecular complexity index is 1240. The maximum atomic E-state index is 14.1. The lowest BCUT2D eigenvalue weighted by atomic mass is 10.2. The first-order valence-corrected chi connectivity index (χ1v) is 9.59. The fourth-order valence-corrected chi connectivity index (χ4v) is 3.33. The summed E-state index contributed by atoms with van der Waals surface area (Å²) in [6.45, 7) is 5.77. The van der Waals surface area contributed by atoms with Crippen molar-refractivity contribution in [3.8, 4) is 11.5 Å². The summed E-state index contributed by atoms with van der Waals surface area (Å²) in [5, 5.41) is 2.86. The van der Waals surface area contributed by atoms with Crippen LogP contribution < -0.4 is 5.32 Å². The van der Waals surface area contributed by atoms with Crippen LogP contribution >= 0.6 is 0 Å². The van der Waals surface area contributed by atoms with E-state index in [1.54, 1.807) is 22.1 Å². The Labute approximate surface area is 172 Å². The number of imidazole rings is 2. The van der Waals surface area contributed by atoms with E-state index in [0.717, 1.165) is 6.07 Å². The van der Waals surface area contributed by atoms with Crippen molar-refractivity contribution in [1.29, 1.82) is 0 Å². The summed E-state index contributed by atoms with van der Waals surface area (Å²) in [5.41, 5.74) is 1.90. The number of nitrogens with zero attached hydrogens (tertiary/aromatic N) is 4. The molecule has 0 aliphatic heterocycles. The highest BCUT2D eigenvalue weighted by molar-refractivity contribution is 6.00. The van der Waals surface area contributed by atoms with Crippen LogP contribution in [0.25, 0.3) is 17.0 Å². The summed E-state index contributed by atoms with van der Waals surface area (Å²) < 4.78 is 30.8. The summed E-state index contributed by atoms with van der Waals surface area (Å²) >= 11 is 0. The molecule has 0 saturated heterocycles. The normalized spacial score (nSPS) is 11.4. The average Bonchev–Trinajstić information content (AvgIpc) is 3.24. The number of fused-ring (bicyclic) bond motifs is 1. The van der Waals surface area contributed by atoms with Gasteiger partial charge in [0.2, 0.25) is 0 Å². The van der Waals surface area contributed by atoms with Gasteiger partial charge in [0.15, 0.2) is 11.5 Å². The third kappa shape index (κ3) is 3.68. The molecule has 0 aliphatic rings. The predicted molar refractivity (Wildman–Crippen MR) is 109 cm³/mol. The number of pyridine rings is 1. The Morgan fingerprint density at radius 2 is 1.97 bits per heavy atom. The Morgan fingerprint density at radius 3 is 2.70 bits per heavy atom. The van der Waals surface area contributed by atoms with E-state index in [4.69, 9.17) is 0 Å². The van der Waals surface area contributed by atoms with Crippen LogP contribution in [0.4, 0.5) is 8.78 Å². The molecule has 0 atom stereocenters. The van der Waals surface area contributed by atoms with Crippen LogP contribution in [0.2, 0.25) is 0 Å². The Balaban J connectivity index is 1.74. The van der Waals surface area contributed by atoms with Crippen molar-refractivity contribution in [2.75, 3.05) is 0 Å². The summed E-state index contributed by atoms with van der Waals surface area (Å²) in [4.78, 5) is 21.7. The molecule has 3 aromatic heterocycles. The standard InChI is InChI=1S/C22H21F2N5O/c1-13(2)25-22(30)20-19-6-4-5-9-29(19)21(27-20)18-12-28(14(3)26-18)11-15-7-8-16(23)10-17(15)24/h4-10,12-13H,11H2,1-3H3,(H,25,30). The van der Waals surface area contributed by atoms with E-state index in [-0.39, 0.29) is 18.5 Å². The zero-order chi connectivity index (χ0) is 21.4. The van der Waals surface area contributed by atoms with Gasteiger partial charge in [-0.25, -0.2) is 18.7 Å². The Kier molecular flexibility index (Phi) is 5.07. The van der Waals surface area contributed by atoms with Gasteiger partial charge < -0.3 is 9.88 Å². The number of hydrogen-bond donors (Lipinski definition) is 1. The quantitative estimate of drug-likeness (QED) is 0.543. The third-order valence-electron chi connectivity index (χ3n) is 4.74. The molecule has 0 radical (unpaired) electrons. The van der Waals surface area contributed by atoms with Gasteiger partial charge in [0.05, 0.1) is 12.1 Å². The molecule has 3 heterocycles. The second-order valence-corrected chi connectivity index (χ2v) is 7.41. The van der Waals surface area contributed by atoms with E-state index in [1.165, 1.54) is 12.1 Å². The minimum atomic E-state index is -0.615. The Morgan fingerprint density at radius 1 is 1.17 bits per heavy atom. The molecule has 4 rings (SSSR count). The topological polar surface area (TPSA) is 64.2 Å². The van der Waals surface area contributed by atoms with Gasteiger partial charge in [-0.1, -0.05) is 12.1 Å². The smallest absolute Gasteiger partial charge is 0.272 e. The zero-order valence-electron chi connectivity index (χ0n) is 16.9. The van der Waals surface area contributed by atoms with Crippen LogP contribution in [0.3, 0.4) is 0 Å². The van der Waals surface area contributed by atoms with E-state index >= 15 is 0 Å². The summed E-state index contributed by atoms with van der Waals surface area (Å²) in [7, 11) is 0. The summed E-state index contributed by atoms with van der Waals surface area (Å²) in [5.74, 6) is -0.320. The molecule has 0 saturated carbocycles. The summed E-state index contributed by atoms with van der Waals surface area (Å²) in [6.07, 6.45) is 3.57. The lowest BCUT2D eigenvalue weighted by Crippen LogP contribution is -2.30. The monoisotopic (exact) mass is 409 g/mol. The molecule has 154 valence electrons. The first kappa shape index (κ1) is 19.8. The minimum absolute atomic E-state index is 0.0199. The van der Waals surface area contributed by atoms with Crippen LogP contribution in [0.15, 0.2) is 48.8 Å². The molecule has 4 aromatic rings. The van der Waals surface area contributed by atoms with Crippen LogP contribution in [0.5, 0.6) is 0 Å². The van der Waals surface area contributed by atoms with Crippen molar-refractivity contribution in [2.24, 2.45) is 0 Å². The molecular weight excluding hydrogens is 388 g/mol. The minimum Gasteiger partial charge on any atom is -0.348 e. The molecule has 0 unspecified atom stereocenters. The average molecular weight is 409 g/mol. The number of aryl methyl sites for hydroxylation is 1. The molecule has 0 spiro atoms. The maximum Gasteiger partial charge on any atom is 0.272 e. The molecule has 0 fully saturated rings. The second kappa shape index (κ2) is 7.70. The van der Waals surface area contributed by atoms with Gasteiger partial charge in [0, 0.05) is 30.1 Å². The first-order chi connectivity index (χ1) is 14.3. The van der Waals surface area contributed by atoms with Gasteiger partial charge in [-0.3, -0.25) is 9.20 Å². The van der Waals surface area contributed by atoms with E-state index in [2.05, 4.69) is 15.3 Å². The highest BCUT2D eigenvalue weighted by Crippen LogP contribution is 2.23. The zero-order valence-corrected chi connectivity index (χ0v) is 16.9. The largest absolute Gasteiger partial charge is 0.348 e. The SMILES string of the molecule is Cc1nc(-c2nc(C(=O)NC(C)C)c3ccccn23)cn1Cc1ccc(F)cc1F. The third-order valence-corrected chi connectivity index (χ3v) is 4.74. The molecular formula is C22H21F2N5O. The number of amides is 1. The van der Waals surface area contributed by atoms with Crippen LogP contribution in [-0.2, 0) is 6.54 Å². The molecule has 30 heavy (non-hydrogen) atoms. The first-order valence-electron chi connectivity index (χ1n) is 9.59. The van der Waals surface area contributed by atoms with Crippen LogP contribution in [0, 0.1) is 18.6 Å². The van der Waals surface area contributed by atoms with Crippen molar-refractivity contribution in [1.82, 2.24) is 24.3 Å². The van der Waals surface area contributed by atoms with E-state index in [9.17, 15) is 13.6 Å². The highest BCUT2D eigenvalue weighted by atomic mass is 19.1. The van der Waals surface area contributed by atoms with Gasteiger partial charge in [-0.2, -0.15) is 0 Å². The Hall–Kier alpha value is -3.55. The van der Waals surface area contributed by atoms with Crippen molar-refractivity contribution < 1.29 is 13.6 Å². The van der Waals surface area contributed by atoms with Gasteiger partial charge in [0.1, 0.15) is 23.2 Å². The number of carbonyl (C=O) groups is 1. The lowest BCUT2D eigenvalue weighted by Gasteiger charge is -2.06. The van der Waals surface area contributed by atoms with Crippen molar-refractivity contribution >= 4 is 11.4 Å². The number of rotatable bonds is 5. The van der Waals surface area contributed by atoms with Gasteiger partial charge >= 0.3 is 0 Å². The molecule has 1 aromatic carbocycles. The van der Waals surface area contributed by atoms with Crippen molar-refractivity contribution in [3.05, 3.63) is 77.5 Å². The summed E-state index contributed by atoms with van der Waals surface area (Å²) in [6, 6.07) is 9.01. The molecule has 8 heteroatoms. The molecule has 0 bridgehead atoms. The molecule has 1 amide bonds. The van der Waals surface area contributed by atoms with E-state index in [0.29, 0.717) is 34.1 Å². The molecule has 1 N–H and O–H groups in total. The van der Waals surface area contributed by atoms with Crippen molar-refractivity contribution in [2.45, 2.75) is 33.4 Å². The molecule has 0 aliphatic carbocycles. The molecule has 6 nitrogen and oxygen atoms in total. The van der Waals surface area contributed by atoms with Crippen LogP contribution in [-0.4, -0.2) is 30.9 Å². The van der Waals surface area contributed by atoms with Gasteiger partial charge in [-0.15, -0.1) is 0 Å². The lowest BCUT2D eigenvalue weighted by molar-refractivity contribution is 0.0940. The van der Waals surface area contributed by atoms with Crippen LogP contribution in [0.1, 0.15) is 35.7 Å². The van der Waals surface area contributed by atoms with Gasteiger partial charge in [0.25, 0.3) is 5.91 Å². The van der Waals surface area contributed by atoms with E-state index < -0.39 is 11.6 Å². The van der Waals surface area contributed by atoms with Gasteiger partial charge in [-0.05, 0) is 39.0 Å². The number of hydrogen-bond acceptors (Lipinski definition) is 3. The maximum absolute atomic E-state index is 14.1. The number of aromatic nitrogens is 4. The second-order valence-electron chi connectivity index (χ2n) is 7.41. The number of benzene rings is 1. The number of halogens is 2. The highest BCUT2D eigenvalue weighted by Gasteiger charge is 2.21. The number of carbonyl (C=O) groups excluding carboxylic acids is 1. The fourth-order valence-electron chi connectivity index (χ4n) is 3.33. The number of nitrogens with one attached hydrogen (secondary N) is 1. The predicted octanol–water partition coefficient (Wildman–Crippen LogP) is 3.97. The van der Waals surface area contributed by atoms with E-state index in [1.807, 2.05) is 38.2 Å².